The van der Waals surface area contributed by atoms with Gasteiger partial charge in [0, 0.05) is 0 Å². The minimum absolute atomic E-state index is 0.168. The minimum atomic E-state index is -0.792. The lowest BCUT2D eigenvalue weighted by atomic mass is 10.1. The third-order valence-corrected chi connectivity index (χ3v) is 4.42. The van der Waals surface area contributed by atoms with Crippen LogP contribution in [0.1, 0.15) is 23.6 Å². The minimum Gasteiger partial charge on any atom is -0.482 e. The van der Waals surface area contributed by atoms with E-state index >= 15 is 0 Å². The highest BCUT2D eigenvalue weighted by Crippen LogP contribution is 2.24. The second-order valence-electron chi connectivity index (χ2n) is 6.97. The van der Waals surface area contributed by atoms with Crippen molar-refractivity contribution >= 4 is 35.6 Å². The number of amides is 4. The normalized spacial score (nSPS) is 15.1. The first-order valence-electron chi connectivity index (χ1n) is 9.66. The number of carbonyl (C=O) groups is 4. The largest absolute Gasteiger partial charge is 0.482 e. The van der Waals surface area contributed by atoms with Crippen LogP contribution in [0.4, 0.5) is 10.5 Å². The summed E-state index contributed by atoms with van der Waals surface area (Å²) in [6.07, 6.45) is 1.40. The van der Waals surface area contributed by atoms with Crippen LogP contribution in [0.3, 0.4) is 0 Å². The van der Waals surface area contributed by atoms with Gasteiger partial charge in [0.1, 0.15) is 11.3 Å². The molecule has 8 heteroatoms. The molecular formula is C23H22N2O6. The Kier molecular flexibility index (Phi) is 6.49. The van der Waals surface area contributed by atoms with E-state index in [9.17, 15) is 19.2 Å². The van der Waals surface area contributed by atoms with E-state index in [-0.39, 0.29) is 18.8 Å². The van der Waals surface area contributed by atoms with Gasteiger partial charge in [0.15, 0.2) is 6.61 Å². The molecule has 1 fully saturated rings. The topological polar surface area (TPSA) is 102 Å². The van der Waals surface area contributed by atoms with Crippen molar-refractivity contribution in [3.63, 3.8) is 0 Å². The molecule has 0 aliphatic carbocycles. The van der Waals surface area contributed by atoms with Crippen molar-refractivity contribution in [2.75, 3.05) is 18.1 Å². The highest BCUT2D eigenvalue weighted by molar-refractivity contribution is 6.39. The summed E-state index contributed by atoms with van der Waals surface area (Å²) in [4.78, 5) is 49.9. The molecule has 0 spiro atoms. The maximum absolute atomic E-state index is 13.0. The van der Waals surface area contributed by atoms with Crippen LogP contribution in [0, 0.1) is 13.8 Å². The second kappa shape index (κ2) is 9.25. The van der Waals surface area contributed by atoms with Gasteiger partial charge in [0.25, 0.3) is 11.8 Å². The molecule has 3 rings (SSSR count). The average molecular weight is 422 g/mol. The predicted molar refractivity (Wildman–Crippen MR) is 113 cm³/mol. The summed E-state index contributed by atoms with van der Waals surface area (Å²) in [6, 6.07) is 11.0. The van der Waals surface area contributed by atoms with E-state index in [0.717, 1.165) is 16.0 Å². The maximum Gasteiger partial charge on any atom is 0.344 e. The molecule has 1 heterocycles. The lowest BCUT2D eigenvalue weighted by molar-refractivity contribution is -0.145. The van der Waals surface area contributed by atoms with Crippen molar-refractivity contribution in [2.24, 2.45) is 0 Å². The van der Waals surface area contributed by atoms with E-state index < -0.39 is 23.8 Å². The zero-order valence-corrected chi connectivity index (χ0v) is 17.4. The fourth-order valence-corrected chi connectivity index (χ4v) is 3.14. The van der Waals surface area contributed by atoms with Crippen molar-refractivity contribution in [1.82, 2.24) is 5.32 Å². The Labute approximate surface area is 179 Å². The molecule has 31 heavy (non-hydrogen) atoms. The number of urea groups is 1. The van der Waals surface area contributed by atoms with E-state index in [0.29, 0.717) is 17.0 Å². The SMILES string of the molecule is CCOC(=O)COc1ccc(C=C2C(=O)NC(=O)N(c3cc(C)cc(C)c3)C2=O)cc1. The predicted octanol–water partition coefficient (Wildman–Crippen LogP) is 2.91. The number of carbonyl (C=O) groups excluding carboxylic acids is 4. The molecule has 1 aliphatic heterocycles. The number of nitrogens with one attached hydrogen (secondary N) is 1. The number of hydrogen-bond donors (Lipinski definition) is 1. The van der Waals surface area contributed by atoms with E-state index in [1.807, 2.05) is 19.9 Å². The Bertz CT molecular complexity index is 1050. The first kappa shape index (κ1) is 21.8. The lowest BCUT2D eigenvalue weighted by Gasteiger charge is -2.27. The van der Waals surface area contributed by atoms with Crippen LogP contribution in [-0.2, 0) is 19.1 Å². The number of esters is 1. The number of imide groups is 2. The number of ether oxygens (including phenoxy) is 2. The van der Waals surface area contributed by atoms with Gasteiger partial charge in [-0.05, 0) is 67.8 Å². The molecule has 1 N–H and O–H groups in total. The molecule has 8 nitrogen and oxygen atoms in total. The van der Waals surface area contributed by atoms with E-state index in [1.54, 1.807) is 43.3 Å². The number of anilines is 1. The first-order valence-corrected chi connectivity index (χ1v) is 9.66. The monoisotopic (exact) mass is 422 g/mol. The first-order chi connectivity index (χ1) is 14.8. The van der Waals surface area contributed by atoms with Crippen LogP contribution < -0.4 is 15.0 Å². The lowest BCUT2D eigenvalue weighted by Crippen LogP contribution is -2.54. The third kappa shape index (κ3) is 5.16. The molecule has 0 aromatic heterocycles. The summed E-state index contributed by atoms with van der Waals surface area (Å²) in [5.41, 5.74) is 2.55. The maximum atomic E-state index is 13.0. The number of nitrogens with zero attached hydrogens (tertiary/aromatic N) is 1. The zero-order valence-electron chi connectivity index (χ0n) is 17.4. The van der Waals surface area contributed by atoms with Gasteiger partial charge in [-0.2, -0.15) is 0 Å². The van der Waals surface area contributed by atoms with Gasteiger partial charge in [-0.3, -0.25) is 14.9 Å². The van der Waals surface area contributed by atoms with Gasteiger partial charge >= 0.3 is 12.0 Å². The average Bonchev–Trinajstić information content (AvgIpc) is 2.70. The molecule has 0 bridgehead atoms. The molecular weight excluding hydrogens is 400 g/mol. The van der Waals surface area contributed by atoms with Gasteiger partial charge in [-0.15, -0.1) is 0 Å². The highest BCUT2D eigenvalue weighted by Gasteiger charge is 2.36. The van der Waals surface area contributed by atoms with Gasteiger partial charge in [-0.1, -0.05) is 18.2 Å². The Morgan fingerprint density at radius 3 is 2.29 bits per heavy atom. The van der Waals surface area contributed by atoms with Crippen molar-refractivity contribution in [1.29, 1.82) is 0 Å². The molecule has 1 aliphatic rings. The summed E-state index contributed by atoms with van der Waals surface area (Å²) >= 11 is 0. The molecule has 0 unspecified atom stereocenters. The summed E-state index contributed by atoms with van der Waals surface area (Å²) < 4.78 is 10.1. The van der Waals surface area contributed by atoms with Gasteiger partial charge in [-0.25, -0.2) is 14.5 Å². The van der Waals surface area contributed by atoms with E-state index in [4.69, 9.17) is 9.47 Å². The van der Waals surface area contributed by atoms with Crippen molar-refractivity contribution in [2.45, 2.75) is 20.8 Å². The second-order valence-corrected chi connectivity index (χ2v) is 6.97. The number of aryl methyl sites for hydroxylation is 2. The Morgan fingerprint density at radius 1 is 1.03 bits per heavy atom. The summed E-state index contributed by atoms with van der Waals surface area (Å²) in [5, 5.41) is 2.21. The summed E-state index contributed by atoms with van der Waals surface area (Å²) in [7, 11) is 0. The number of benzene rings is 2. The third-order valence-electron chi connectivity index (χ3n) is 4.42. The van der Waals surface area contributed by atoms with Gasteiger partial charge < -0.3 is 9.47 Å². The van der Waals surface area contributed by atoms with Crippen molar-refractivity contribution < 1.29 is 28.7 Å². The molecule has 0 radical (unpaired) electrons. The molecule has 2 aromatic carbocycles. The van der Waals surface area contributed by atoms with Gasteiger partial charge in [0.05, 0.1) is 12.3 Å². The summed E-state index contributed by atoms with van der Waals surface area (Å²) in [5.74, 6) is -1.52. The van der Waals surface area contributed by atoms with Crippen molar-refractivity contribution in [3.8, 4) is 5.75 Å². The molecule has 0 atom stereocenters. The van der Waals surface area contributed by atoms with Crippen molar-refractivity contribution in [3.05, 3.63) is 64.7 Å². The Hall–Kier alpha value is -3.94. The van der Waals surface area contributed by atoms with Gasteiger partial charge in [0.2, 0.25) is 0 Å². The molecule has 4 amide bonds. The summed E-state index contributed by atoms with van der Waals surface area (Å²) in [6.45, 7) is 5.47. The fraction of sp³-hybridized carbons (Fsp3) is 0.217. The fourth-order valence-electron chi connectivity index (χ4n) is 3.14. The number of hydrogen-bond acceptors (Lipinski definition) is 6. The van der Waals surface area contributed by atoms with Crippen LogP contribution in [0.25, 0.3) is 6.08 Å². The molecule has 160 valence electrons. The number of barbiturate groups is 1. The van der Waals surface area contributed by atoms with Crippen LogP contribution in [0.2, 0.25) is 0 Å². The zero-order chi connectivity index (χ0) is 22.5. The van der Waals surface area contributed by atoms with Crippen LogP contribution in [-0.4, -0.2) is 37.0 Å². The quantitative estimate of drug-likeness (QED) is 0.436. The van der Waals surface area contributed by atoms with E-state index in [2.05, 4.69) is 5.32 Å². The van der Waals surface area contributed by atoms with E-state index in [1.165, 1.54) is 6.08 Å². The Balaban J connectivity index is 1.82. The smallest absolute Gasteiger partial charge is 0.344 e. The van der Waals surface area contributed by atoms with Crippen LogP contribution in [0.15, 0.2) is 48.0 Å². The Morgan fingerprint density at radius 2 is 1.68 bits per heavy atom. The van der Waals surface area contributed by atoms with Crippen LogP contribution >= 0.6 is 0 Å². The number of rotatable bonds is 6. The standard InChI is InChI=1S/C23H22N2O6/c1-4-30-20(26)13-31-18-7-5-16(6-8-18)12-19-21(27)24-23(29)25(22(19)28)17-10-14(2)9-15(3)11-17/h5-12H,4,13H2,1-3H3,(H,24,27,29). The molecule has 1 saturated heterocycles. The van der Waals surface area contributed by atoms with Crippen LogP contribution in [0.5, 0.6) is 5.75 Å². The highest BCUT2D eigenvalue weighted by atomic mass is 16.6. The molecule has 2 aromatic rings. The molecule has 0 saturated carbocycles.